The van der Waals surface area contributed by atoms with E-state index in [1.54, 1.807) is 6.07 Å². The fourth-order valence-electron chi connectivity index (χ4n) is 1.54. The average Bonchev–Trinajstić information content (AvgIpc) is 2.48. The normalized spacial score (nSPS) is 10.3. The van der Waals surface area contributed by atoms with Crippen LogP contribution in [-0.2, 0) is 11.3 Å². The maximum Gasteiger partial charge on any atom is 0.412 e. The Morgan fingerprint density at radius 3 is 2.48 bits per heavy atom. The molecule has 0 saturated heterocycles. The highest BCUT2D eigenvalue weighted by atomic mass is 79.9. The van der Waals surface area contributed by atoms with E-state index in [2.05, 4.69) is 21.2 Å². The minimum absolute atomic E-state index is 0.146. The zero-order chi connectivity index (χ0) is 15.4. The van der Waals surface area contributed by atoms with Crippen molar-refractivity contribution in [2.24, 2.45) is 0 Å². The highest BCUT2D eigenvalue weighted by Crippen LogP contribution is 2.41. The molecule has 0 radical (unpaired) electrons. The van der Waals surface area contributed by atoms with E-state index in [1.807, 2.05) is 30.3 Å². The number of nitrogens with one attached hydrogen (secondary N) is 1. The molecule has 110 valence electrons. The number of amides is 1. The van der Waals surface area contributed by atoms with Gasteiger partial charge in [0.15, 0.2) is 0 Å². The number of hydrogen-bond donors (Lipinski definition) is 1. The van der Waals surface area contributed by atoms with Crippen LogP contribution in [0, 0.1) is 0 Å². The first-order valence-corrected chi connectivity index (χ1v) is 7.72. The molecule has 0 aliphatic rings. The van der Waals surface area contributed by atoms with Crippen molar-refractivity contribution in [2.45, 2.75) is 6.61 Å². The second kappa shape index (κ2) is 7.36. The molecule has 2 aromatic carbocycles. The van der Waals surface area contributed by atoms with E-state index in [1.165, 1.54) is 0 Å². The molecular weight excluding hydrogens is 400 g/mol. The number of benzene rings is 2. The highest BCUT2D eigenvalue weighted by Gasteiger charge is 2.16. The lowest BCUT2D eigenvalue weighted by Crippen LogP contribution is -2.14. The third-order valence-electron chi connectivity index (χ3n) is 2.55. The molecule has 0 aliphatic heterocycles. The predicted octanol–water partition coefficient (Wildman–Crippen LogP) is 6.16. The third-order valence-corrected chi connectivity index (χ3v) is 4.44. The summed E-state index contributed by atoms with van der Waals surface area (Å²) < 4.78 is 5.62. The summed E-state index contributed by atoms with van der Waals surface area (Å²) in [6.45, 7) is 0.156. The quantitative estimate of drug-likeness (QED) is 0.487. The molecule has 0 fully saturated rings. The fourth-order valence-corrected chi connectivity index (χ4v) is 2.97. The molecule has 0 spiro atoms. The Hall–Kier alpha value is -0.940. The summed E-state index contributed by atoms with van der Waals surface area (Å²) in [5.41, 5.74) is 1.19. The van der Waals surface area contributed by atoms with Crippen molar-refractivity contribution in [3.05, 3.63) is 61.5 Å². The van der Waals surface area contributed by atoms with Crippen molar-refractivity contribution in [1.29, 1.82) is 0 Å². The van der Waals surface area contributed by atoms with Crippen molar-refractivity contribution >= 4 is 62.5 Å². The van der Waals surface area contributed by atoms with E-state index in [9.17, 15) is 4.79 Å². The molecule has 0 unspecified atom stereocenters. The Morgan fingerprint density at radius 2 is 1.81 bits per heavy atom. The maximum absolute atomic E-state index is 11.8. The summed E-state index contributed by atoms with van der Waals surface area (Å²) >= 11 is 21.1. The number of halogens is 4. The van der Waals surface area contributed by atoms with Crippen molar-refractivity contribution in [2.75, 3.05) is 5.32 Å². The van der Waals surface area contributed by atoms with E-state index < -0.39 is 6.09 Å². The van der Waals surface area contributed by atoms with Gasteiger partial charge in [-0.3, -0.25) is 5.32 Å². The molecule has 1 amide bonds. The van der Waals surface area contributed by atoms with Gasteiger partial charge in [-0.25, -0.2) is 4.79 Å². The highest BCUT2D eigenvalue weighted by molar-refractivity contribution is 9.10. The van der Waals surface area contributed by atoms with Gasteiger partial charge < -0.3 is 4.74 Å². The minimum Gasteiger partial charge on any atom is -0.444 e. The number of carbonyl (C=O) groups is 1. The molecule has 7 heteroatoms. The molecule has 1 N–H and O–H groups in total. The predicted molar refractivity (Wildman–Crippen MR) is 89.4 cm³/mol. The molecule has 0 saturated carbocycles. The Kier molecular flexibility index (Phi) is 5.76. The van der Waals surface area contributed by atoms with Gasteiger partial charge in [0.05, 0.1) is 20.8 Å². The molecule has 0 aromatic heterocycles. The molecule has 0 atom stereocenters. The SMILES string of the molecule is O=C(Nc1c(Br)cc(Cl)c(Cl)c1Cl)OCc1ccccc1. The van der Waals surface area contributed by atoms with E-state index >= 15 is 0 Å². The molecule has 21 heavy (non-hydrogen) atoms. The Balaban J connectivity index is 2.05. The van der Waals surface area contributed by atoms with Gasteiger partial charge >= 0.3 is 6.09 Å². The minimum atomic E-state index is -0.639. The van der Waals surface area contributed by atoms with Crippen LogP contribution in [0.25, 0.3) is 0 Å². The molecule has 2 rings (SSSR count). The molecule has 3 nitrogen and oxygen atoms in total. The van der Waals surface area contributed by atoms with Crippen LogP contribution in [0.1, 0.15) is 5.56 Å². The number of ether oxygens (including phenoxy) is 1. The van der Waals surface area contributed by atoms with Gasteiger partial charge in [0.25, 0.3) is 0 Å². The number of carbonyl (C=O) groups excluding carboxylic acids is 1. The molecular formula is C14H9BrCl3NO2. The van der Waals surface area contributed by atoms with Crippen LogP contribution in [0.3, 0.4) is 0 Å². The van der Waals surface area contributed by atoms with Crippen molar-refractivity contribution in [3.63, 3.8) is 0 Å². The maximum atomic E-state index is 11.8. The van der Waals surface area contributed by atoms with Crippen LogP contribution in [0.15, 0.2) is 40.9 Å². The number of rotatable bonds is 3. The van der Waals surface area contributed by atoms with Crippen molar-refractivity contribution in [1.82, 2.24) is 0 Å². The molecule has 0 aliphatic carbocycles. The summed E-state index contributed by atoms with van der Waals surface area (Å²) in [6, 6.07) is 10.9. The lowest BCUT2D eigenvalue weighted by molar-refractivity contribution is 0.155. The first-order valence-electron chi connectivity index (χ1n) is 5.79. The molecule has 0 heterocycles. The van der Waals surface area contributed by atoms with Crippen molar-refractivity contribution in [3.8, 4) is 0 Å². The second-order valence-electron chi connectivity index (χ2n) is 4.03. The largest absolute Gasteiger partial charge is 0.444 e. The van der Waals surface area contributed by atoms with Gasteiger partial charge in [-0.05, 0) is 27.6 Å². The first kappa shape index (κ1) is 16.4. The summed E-state index contributed by atoms with van der Waals surface area (Å²) in [5, 5.41) is 3.13. The summed E-state index contributed by atoms with van der Waals surface area (Å²) in [6.07, 6.45) is -0.639. The number of hydrogen-bond acceptors (Lipinski definition) is 2. The topological polar surface area (TPSA) is 38.3 Å². The lowest BCUT2D eigenvalue weighted by Gasteiger charge is -2.12. The van der Waals surface area contributed by atoms with Crippen LogP contribution in [0.2, 0.25) is 15.1 Å². The number of anilines is 1. The van der Waals surface area contributed by atoms with E-state index in [4.69, 9.17) is 39.5 Å². The Bertz CT molecular complexity index is 665. The van der Waals surface area contributed by atoms with Gasteiger partial charge in [0.1, 0.15) is 6.61 Å². The van der Waals surface area contributed by atoms with E-state index in [0.29, 0.717) is 10.2 Å². The Morgan fingerprint density at radius 1 is 1.14 bits per heavy atom. The summed E-state index contributed by atoms with van der Waals surface area (Å²) in [4.78, 5) is 11.8. The Labute approximate surface area is 145 Å². The van der Waals surface area contributed by atoms with E-state index in [0.717, 1.165) is 5.56 Å². The zero-order valence-corrected chi connectivity index (χ0v) is 14.4. The fraction of sp³-hybridized carbons (Fsp3) is 0.0714. The van der Waals surface area contributed by atoms with E-state index in [-0.39, 0.29) is 21.7 Å². The summed E-state index contributed by atoms with van der Waals surface area (Å²) in [7, 11) is 0. The van der Waals surface area contributed by atoms with Gasteiger partial charge in [0, 0.05) is 4.47 Å². The van der Waals surface area contributed by atoms with Crippen LogP contribution < -0.4 is 5.32 Å². The van der Waals surface area contributed by atoms with Gasteiger partial charge in [-0.15, -0.1) is 0 Å². The van der Waals surface area contributed by atoms with Crippen molar-refractivity contribution < 1.29 is 9.53 Å². The first-order chi connectivity index (χ1) is 9.99. The lowest BCUT2D eigenvalue weighted by atomic mass is 10.2. The standard InChI is InChI=1S/C14H9BrCl3NO2/c15-9-6-10(16)11(17)12(18)13(9)19-14(20)21-7-8-4-2-1-3-5-8/h1-6H,7H2,(H,19,20). The average molecular weight is 409 g/mol. The van der Waals surface area contributed by atoms with Gasteiger partial charge in [-0.2, -0.15) is 0 Å². The smallest absolute Gasteiger partial charge is 0.412 e. The summed E-state index contributed by atoms with van der Waals surface area (Å²) in [5.74, 6) is 0. The third kappa shape index (κ3) is 4.27. The van der Waals surface area contributed by atoms with Crippen LogP contribution in [0.4, 0.5) is 10.5 Å². The second-order valence-corrected chi connectivity index (χ2v) is 6.05. The monoisotopic (exact) mass is 407 g/mol. The van der Waals surface area contributed by atoms with Crippen LogP contribution in [-0.4, -0.2) is 6.09 Å². The van der Waals surface area contributed by atoms with Crippen LogP contribution >= 0.6 is 50.7 Å². The van der Waals surface area contributed by atoms with Gasteiger partial charge in [0.2, 0.25) is 0 Å². The zero-order valence-electron chi connectivity index (χ0n) is 10.5. The molecule has 0 bridgehead atoms. The van der Waals surface area contributed by atoms with Crippen LogP contribution in [0.5, 0.6) is 0 Å². The molecule has 2 aromatic rings. The van der Waals surface area contributed by atoms with Gasteiger partial charge in [-0.1, -0.05) is 65.1 Å².